The molecule has 3 N–H and O–H groups in total. The van der Waals surface area contributed by atoms with Crippen molar-refractivity contribution in [3.8, 4) is 22.8 Å². The number of carbonyl (C=O) groups is 1. The molecule has 0 radical (unpaired) electrons. The summed E-state index contributed by atoms with van der Waals surface area (Å²) >= 11 is 0. The number of nitrogens with one attached hydrogen (secondary N) is 1. The molecule has 1 aliphatic carbocycles. The minimum Gasteiger partial charge on any atom is -0.334 e. The monoisotopic (exact) mass is 384 g/mol. The molecule has 0 aliphatic heterocycles. The zero-order valence-electron chi connectivity index (χ0n) is 14.9. The lowest BCUT2D eigenvalue weighted by Crippen LogP contribution is -2.14. The van der Waals surface area contributed by atoms with Gasteiger partial charge in [0.2, 0.25) is 11.7 Å². The third-order valence-electron chi connectivity index (χ3n) is 4.70. The minimum atomic E-state index is 0. The van der Waals surface area contributed by atoms with Crippen LogP contribution in [0, 0.1) is 11.8 Å². The summed E-state index contributed by atoms with van der Waals surface area (Å²) in [6.45, 7) is 2.58. The van der Waals surface area contributed by atoms with E-state index in [1.165, 1.54) is 0 Å². The van der Waals surface area contributed by atoms with Gasteiger partial charge in [-0.1, -0.05) is 42.4 Å². The number of hydrogen-bond donors (Lipinski definition) is 2. The maximum absolute atomic E-state index is 12.1. The molecule has 140 valence electrons. The maximum Gasteiger partial charge on any atom is 0.258 e. The standard InChI is InChI=1S/C20H20N4O2.ClH/c1-12-9-17(12)19(25)22-16-4-2-3-15(10-16)20-23-18(24-26-20)14-7-5-13(11-21)6-8-14;/h2-8,10,12,17H,9,11,21H2,1H3,(H,22,25);1H. The molecule has 1 fully saturated rings. The SMILES string of the molecule is CC1CC1C(=O)Nc1cccc(-c2nc(-c3ccc(CN)cc3)no2)c1.Cl. The third kappa shape index (κ3) is 4.18. The predicted octanol–water partition coefficient (Wildman–Crippen LogP) is 3.88. The number of benzene rings is 2. The van der Waals surface area contributed by atoms with E-state index in [4.69, 9.17) is 10.3 Å². The number of hydrogen-bond acceptors (Lipinski definition) is 5. The van der Waals surface area contributed by atoms with Gasteiger partial charge in [0.1, 0.15) is 0 Å². The molecule has 3 aromatic rings. The highest BCUT2D eigenvalue weighted by Gasteiger charge is 2.39. The molecular weight excluding hydrogens is 364 g/mol. The summed E-state index contributed by atoms with van der Waals surface area (Å²) in [5, 5.41) is 7.01. The largest absolute Gasteiger partial charge is 0.334 e. The Balaban J connectivity index is 0.00000210. The second kappa shape index (κ2) is 7.90. The van der Waals surface area contributed by atoms with Crippen molar-refractivity contribution in [3.63, 3.8) is 0 Å². The first-order chi connectivity index (χ1) is 12.6. The normalized spacial score (nSPS) is 17.9. The molecule has 27 heavy (non-hydrogen) atoms. The van der Waals surface area contributed by atoms with Gasteiger partial charge in [0.25, 0.3) is 5.89 Å². The van der Waals surface area contributed by atoms with Crippen LogP contribution in [-0.4, -0.2) is 16.0 Å². The number of anilines is 1. The first kappa shape index (κ1) is 19.1. The highest BCUT2D eigenvalue weighted by Crippen LogP contribution is 2.38. The lowest BCUT2D eigenvalue weighted by Gasteiger charge is -2.05. The Morgan fingerprint density at radius 3 is 2.63 bits per heavy atom. The predicted molar refractivity (Wildman–Crippen MR) is 106 cm³/mol. The zero-order chi connectivity index (χ0) is 18.1. The van der Waals surface area contributed by atoms with E-state index in [1.54, 1.807) is 0 Å². The maximum atomic E-state index is 12.1. The minimum absolute atomic E-state index is 0. The molecule has 7 heteroatoms. The molecule has 1 amide bonds. The van der Waals surface area contributed by atoms with Gasteiger partial charge < -0.3 is 15.6 Å². The van der Waals surface area contributed by atoms with Crippen molar-refractivity contribution in [2.45, 2.75) is 19.9 Å². The second-order valence-electron chi connectivity index (χ2n) is 6.71. The average molecular weight is 385 g/mol. The van der Waals surface area contributed by atoms with Crippen LogP contribution in [0.25, 0.3) is 22.8 Å². The first-order valence-corrected chi connectivity index (χ1v) is 8.68. The summed E-state index contributed by atoms with van der Waals surface area (Å²) in [6.07, 6.45) is 0.960. The van der Waals surface area contributed by atoms with Crippen LogP contribution in [0.2, 0.25) is 0 Å². The van der Waals surface area contributed by atoms with Crippen LogP contribution < -0.4 is 11.1 Å². The number of rotatable bonds is 5. The average Bonchev–Trinajstić information content (AvgIpc) is 3.20. The van der Waals surface area contributed by atoms with Gasteiger partial charge in [-0.2, -0.15) is 4.98 Å². The van der Waals surface area contributed by atoms with Crippen LogP contribution in [0.15, 0.2) is 53.1 Å². The zero-order valence-corrected chi connectivity index (χ0v) is 15.7. The Morgan fingerprint density at radius 2 is 1.96 bits per heavy atom. The fraction of sp³-hybridized carbons (Fsp3) is 0.250. The third-order valence-corrected chi connectivity index (χ3v) is 4.70. The fourth-order valence-electron chi connectivity index (χ4n) is 2.90. The van der Waals surface area contributed by atoms with E-state index < -0.39 is 0 Å². The van der Waals surface area contributed by atoms with E-state index >= 15 is 0 Å². The Labute approximate surface area is 163 Å². The van der Waals surface area contributed by atoms with Crippen molar-refractivity contribution in [1.82, 2.24) is 10.1 Å². The summed E-state index contributed by atoms with van der Waals surface area (Å²) in [7, 11) is 0. The van der Waals surface area contributed by atoms with Crippen LogP contribution in [0.5, 0.6) is 0 Å². The van der Waals surface area contributed by atoms with Gasteiger partial charge in [0, 0.05) is 29.3 Å². The summed E-state index contributed by atoms with van der Waals surface area (Å²) < 4.78 is 5.40. The number of nitrogens with two attached hydrogens (primary N) is 1. The lowest BCUT2D eigenvalue weighted by molar-refractivity contribution is -0.117. The van der Waals surface area contributed by atoms with Gasteiger partial charge in [0.15, 0.2) is 0 Å². The molecule has 2 atom stereocenters. The number of aromatic nitrogens is 2. The van der Waals surface area contributed by atoms with Crippen LogP contribution in [-0.2, 0) is 11.3 Å². The van der Waals surface area contributed by atoms with Crippen molar-refractivity contribution >= 4 is 24.0 Å². The Hall–Kier alpha value is -2.70. The lowest BCUT2D eigenvalue weighted by atomic mass is 10.1. The summed E-state index contributed by atoms with van der Waals surface area (Å²) in [6, 6.07) is 15.2. The number of nitrogens with zero attached hydrogens (tertiary/aromatic N) is 2. The molecule has 0 bridgehead atoms. The smallest absolute Gasteiger partial charge is 0.258 e. The van der Waals surface area contributed by atoms with Gasteiger partial charge in [-0.25, -0.2) is 0 Å². The molecule has 1 aromatic heterocycles. The van der Waals surface area contributed by atoms with E-state index in [2.05, 4.69) is 22.4 Å². The van der Waals surface area contributed by atoms with Crippen LogP contribution >= 0.6 is 12.4 Å². The molecular formula is C20H21ClN4O2. The van der Waals surface area contributed by atoms with Gasteiger partial charge in [0.05, 0.1) is 0 Å². The quantitative estimate of drug-likeness (QED) is 0.696. The van der Waals surface area contributed by atoms with E-state index in [9.17, 15) is 4.79 Å². The number of carbonyl (C=O) groups excluding carboxylic acids is 1. The van der Waals surface area contributed by atoms with E-state index in [-0.39, 0.29) is 24.2 Å². The molecule has 4 rings (SSSR count). The van der Waals surface area contributed by atoms with Crippen molar-refractivity contribution in [3.05, 3.63) is 54.1 Å². The first-order valence-electron chi connectivity index (χ1n) is 8.68. The van der Waals surface area contributed by atoms with E-state index in [1.807, 2.05) is 48.5 Å². The molecule has 2 unspecified atom stereocenters. The topological polar surface area (TPSA) is 94.0 Å². The van der Waals surface area contributed by atoms with Crippen LogP contribution in [0.1, 0.15) is 18.9 Å². The Morgan fingerprint density at radius 1 is 1.22 bits per heavy atom. The molecule has 1 saturated carbocycles. The highest BCUT2D eigenvalue weighted by atomic mass is 35.5. The summed E-state index contributed by atoms with van der Waals surface area (Å²) in [5.41, 5.74) is 9.03. The Kier molecular flexibility index (Phi) is 5.58. The molecule has 1 heterocycles. The van der Waals surface area contributed by atoms with Gasteiger partial charge in [-0.15, -0.1) is 12.4 Å². The summed E-state index contributed by atoms with van der Waals surface area (Å²) in [4.78, 5) is 16.6. The van der Waals surface area contributed by atoms with Crippen molar-refractivity contribution in [2.75, 3.05) is 5.32 Å². The van der Waals surface area contributed by atoms with E-state index in [0.717, 1.165) is 28.8 Å². The number of halogens is 1. The fourth-order valence-corrected chi connectivity index (χ4v) is 2.90. The molecule has 1 aliphatic rings. The Bertz CT molecular complexity index is 939. The van der Waals surface area contributed by atoms with Crippen LogP contribution in [0.3, 0.4) is 0 Å². The molecule has 0 saturated heterocycles. The van der Waals surface area contributed by atoms with Gasteiger partial charge in [-0.3, -0.25) is 4.79 Å². The number of amides is 1. The molecule has 0 spiro atoms. The van der Waals surface area contributed by atoms with Crippen LogP contribution in [0.4, 0.5) is 5.69 Å². The van der Waals surface area contributed by atoms with Crippen molar-refractivity contribution < 1.29 is 9.32 Å². The molecule has 6 nitrogen and oxygen atoms in total. The summed E-state index contributed by atoms with van der Waals surface area (Å²) in [5.74, 6) is 1.61. The van der Waals surface area contributed by atoms with E-state index in [0.29, 0.717) is 24.2 Å². The second-order valence-corrected chi connectivity index (χ2v) is 6.71. The van der Waals surface area contributed by atoms with Crippen molar-refractivity contribution in [1.29, 1.82) is 0 Å². The van der Waals surface area contributed by atoms with Gasteiger partial charge >= 0.3 is 0 Å². The van der Waals surface area contributed by atoms with Crippen molar-refractivity contribution in [2.24, 2.45) is 17.6 Å². The molecule has 2 aromatic carbocycles. The van der Waals surface area contributed by atoms with Gasteiger partial charge in [-0.05, 0) is 36.1 Å². The highest BCUT2D eigenvalue weighted by molar-refractivity contribution is 5.94.